The first-order valence-electron chi connectivity index (χ1n) is 10.8. The number of alkyl halides is 3. The highest BCUT2D eigenvalue weighted by molar-refractivity contribution is 5.85. The standard InChI is InChI=1S/C24H21F3N4O3/c1-15(16-2-4-17(5-3-16)24(25,26)27)31-20-12-18(30-8-10-33-11-9-30)6-7-19(20)22(32)13-21(31)23-14-28-29-34-23/h2-7,12-15H,8-11H2,1H3. The van der Waals surface area contributed by atoms with Crippen LogP contribution in [0.15, 0.2) is 64.0 Å². The molecule has 0 aliphatic carbocycles. The predicted octanol–water partition coefficient (Wildman–Crippen LogP) is 4.52. The fraction of sp³-hybridized carbons (Fsp3) is 0.292. The molecule has 0 saturated carbocycles. The molecule has 2 aromatic carbocycles. The van der Waals surface area contributed by atoms with Crippen LogP contribution in [0.5, 0.6) is 0 Å². The smallest absolute Gasteiger partial charge is 0.378 e. The molecule has 1 fully saturated rings. The maximum Gasteiger partial charge on any atom is 0.416 e. The molecule has 34 heavy (non-hydrogen) atoms. The summed E-state index contributed by atoms with van der Waals surface area (Å²) in [6, 6.07) is 11.6. The van der Waals surface area contributed by atoms with Crippen molar-refractivity contribution in [3.05, 3.63) is 76.1 Å². The van der Waals surface area contributed by atoms with Gasteiger partial charge in [0.2, 0.25) is 5.76 Å². The molecule has 1 aliphatic heterocycles. The average molecular weight is 470 g/mol. The number of morpholine rings is 1. The zero-order chi connectivity index (χ0) is 23.9. The van der Waals surface area contributed by atoms with E-state index in [1.807, 2.05) is 23.6 Å². The summed E-state index contributed by atoms with van der Waals surface area (Å²) in [5.41, 5.74) is 1.72. The van der Waals surface area contributed by atoms with Gasteiger partial charge >= 0.3 is 6.18 Å². The van der Waals surface area contributed by atoms with Crippen molar-refractivity contribution in [2.24, 2.45) is 0 Å². The number of hydrogen-bond acceptors (Lipinski definition) is 6. The number of halogens is 3. The summed E-state index contributed by atoms with van der Waals surface area (Å²) in [6.45, 7) is 4.51. The molecule has 2 aromatic heterocycles. The Morgan fingerprint density at radius 3 is 2.41 bits per heavy atom. The monoisotopic (exact) mass is 470 g/mol. The minimum atomic E-state index is -4.42. The van der Waals surface area contributed by atoms with E-state index in [1.54, 1.807) is 6.07 Å². The molecule has 0 radical (unpaired) electrons. The van der Waals surface area contributed by atoms with Crippen molar-refractivity contribution in [2.45, 2.75) is 19.1 Å². The number of ether oxygens (including phenoxy) is 1. The Hall–Kier alpha value is -3.66. The molecule has 1 aliphatic rings. The Bertz CT molecular complexity index is 1360. The molecule has 3 heterocycles. The second-order valence-electron chi connectivity index (χ2n) is 8.14. The highest BCUT2D eigenvalue weighted by Gasteiger charge is 2.30. The van der Waals surface area contributed by atoms with Crippen LogP contribution in [0.1, 0.15) is 24.1 Å². The number of pyridine rings is 1. The van der Waals surface area contributed by atoms with Crippen LogP contribution in [0.2, 0.25) is 0 Å². The maximum atomic E-state index is 13.1. The number of nitrogens with zero attached hydrogens (tertiary/aromatic N) is 4. The van der Waals surface area contributed by atoms with Gasteiger partial charge in [-0.25, -0.2) is 0 Å². The second-order valence-corrected chi connectivity index (χ2v) is 8.14. The molecule has 5 rings (SSSR count). The molecule has 4 aromatic rings. The van der Waals surface area contributed by atoms with E-state index in [1.165, 1.54) is 24.4 Å². The third-order valence-corrected chi connectivity index (χ3v) is 6.13. The lowest BCUT2D eigenvalue weighted by molar-refractivity contribution is -0.137. The van der Waals surface area contributed by atoms with Gasteiger partial charge in [0.1, 0.15) is 6.20 Å². The minimum absolute atomic E-state index is 0.203. The van der Waals surface area contributed by atoms with E-state index in [9.17, 15) is 18.0 Å². The van der Waals surface area contributed by atoms with Crippen molar-refractivity contribution < 1.29 is 22.4 Å². The van der Waals surface area contributed by atoms with Crippen molar-refractivity contribution >= 4 is 16.6 Å². The van der Waals surface area contributed by atoms with Crippen LogP contribution in [0, 0.1) is 0 Å². The predicted molar refractivity (Wildman–Crippen MR) is 120 cm³/mol. The molecule has 7 nitrogen and oxygen atoms in total. The number of benzene rings is 2. The van der Waals surface area contributed by atoms with Gasteiger partial charge in [-0.2, -0.15) is 13.2 Å². The number of fused-ring (bicyclic) bond motifs is 1. The number of hydrogen-bond donors (Lipinski definition) is 0. The Kier molecular flexibility index (Phi) is 5.60. The lowest BCUT2D eigenvalue weighted by atomic mass is 10.0. The Morgan fingerprint density at radius 2 is 1.76 bits per heavy atom. The van der Waals surface area contributed by atoms with Crippen molar-refractivity contribution in [2.75, 3.05) is 31.2 Å². The van der Waals surface area contributed by atoms with Gasteiger partial charge in [-0.05, 0) is 42.8 Å². The van der Waals surface area contributed by atoms with Gasteiger partial charge in [-0.3, -0.25) is 4.79 Å². The second kappa shape index (κ2) is 8.60. The van der Waals surface area contributed by atoms with E-state index in [4.69, 9.17) is 9.26 Å². The number of rotatable bonds is 4. The Labute approximate surface area is 192 Å². The Morgan fingerprint density at radius 1 is 1.03 bits per heavy atom. The van der Waals surface area contributed by atoms with Crippen LogP contribution in [0.25, 0.3) is 22.4 Å². The van der Waals surface area contributed by atoms with Gasteiger partial charge in [-0.15, -0.1) is 5.10 Å². The molecule has 1 saturated heterocycles. The van der Waals surface area contributed by atoms with Crippen LogP contribution in [0.3, 0.4) is 0 Å². The summed E-state index contributed by atoms with van der Waals surface area (Å²) in [5.74, 6) is 0.287. The summed E-state index contributed by atoms with van der Waals surface area (Å²) >= 11 is 0. The summed E-state index contributed by atoms with van der Waals surface area (Å²) in [7, 11) is 0. The van der Waals surface area contributed by atoms with Gasteiger partial charge in [0.15, 0.2) is 5.43 Å². The first kappa shape index (κ1) is 22.1. The summed E-state index contributed by atoms with van der Waals surface area (Å²) in [5, 5.41) is 7.75. The third-order valence-electron chi connectivity index (χ3n) is 6.13. The Balaban J connectivity index is 1.70. The zero-order valence-corrected chi connectivity index (χ0v) is 18.2. The van der Waals surface area contributed by atoms with Gasteiger partial charge in [-0.1, -0.05) is 12.1 Å². The first-order chi connectivity index (χ1) is 16.3. The average Bonchev–Trinajstić information content (AvgIpc) is 3.38. The van der Waals surface area contributed by atoms with Crippen LogP contribution in [-0.4, -0.2) is 41.2 Å². The van der Waals surface area contributed by atoms with E-state index < -0.39 is 17.8 Å². The molecule has 10 heteroatoms. The molecule has 0 spiro atoms. The zero-order valence-electron chi connectivity index (χ0n) is 18.2. The van der Waals surface area contributed by atoms with E-state index >= 15 is 0 Å². The molecular formula is C24H21F3N4O3. The van der Waals surface area contributed by atoms with E-state index in [0.717, 1.165) is 30.9 Å². The van der Waals surface area contributed by atoms with Crippen molar-refractivity contribution in [1.82, 2.24) is 14.9 Å². The summed E-state index contributed by atoms with van der Waals surface area (Å²) < 4.78 is 51.9. The molecule has 0 N–H and O–H groups in total. The molecule has 176 valence electrons. The van der Waals surface area contributed by atoms with Crippen LogP contribution in [0.4, 0.5) is 18.9 Å². The topological polar surface area (TPSA) is 73.4 Å². The molecule has 0 amide bonds. The van der Waals surface area contributed by atoms with Gasteiger partial charge < -0.3 is 18.7 Å². The molecule has 1 unspecified atom stereocenters. The van der Waals surface area contributed by atoms with Crippen LogP contribution >= 0.6 is 0 Å². The molecule has 1 atom stereocenters. The fourth-order valence-corrected chi connectivity index (χ4v) is 4.33. The first-order valence-corrected chi connectivity index (χ1v) is 10.8. The quantitative estimate of drug-likeness (QED) is 0.437. The summed E-state index contributed by atoms with van der Waals surface area (Å²) in [4.78, 5) is 15.2. The lowest BCUT2D eigenvalue weighted by Gasteiger charge is -2.30. The van der Waals surface area contributed by atoms with Crippen molar-refractivity contribution in [3.8, 4) is 11.5 Å². The van der Waals surface area contributed by atoms with Gasteiger partial charge in [0.25, 0.3) is 0 Å². The third kappa shape index (κ3) is 4.05. The van der Waals surface area contributed by atoms with Crippen LogP contribution in [-0.2, 0) is 10.9 Å². The largest absolute Gasteiger partial charge is 0.416 e. The normalized spacial score (nSPS) is 15.6. The van der Waals surface area contributed by atoms with E-state index in [2.05, 4.69) is 15.3 Å². The highest BCUT2D eigenvalue weighted by Crippen LogP contribution is 2.34. The lowest BCUT2D eigenvalue weighted by Crippen LogP contribution is -2.36. The van der Waals surface area contributed by atoms with E-state index in [0.29, 0.717) is 35.4 Å². The molecule has 0 bridgehead atoms. The molecular weight excluding hydrogens is 449 g/mol. The summed E-state index contributed by atoms with van der Waals surface area (Å²) in [6.07, 6.45) is -3.02. The SMILES string of the molecule is CC(c1ccc(C(F)(F)F)cc1)n1c(-c2cnno2)cc(=O)c2ccc(N3CCOCC3)cc21. The number of aromatic nitrogens is 3. The van der Waals surface area contributed by atoms with Gasteiger partial charge in [0.05, 0.1) is 36.0 Å². The number of anilines is 1. The maximum absolute atomic E-state index is 13.1. The van der Waals surface area contributed by atoms with Crippen molar-refractivity contribution in [1.29, 1.82) is 0 Å². The fourth-order valence-electron chi connectivity index (χ4n) is 4.33. The van der Waals surface area contributed by atoms with E-state index in [-0.39, 0.29) is 11.2 Å². The van der Waals surface area contributed by atoms with Gasteiger partial charge in [0, 0.05) is 35.5 Å². The van der Waals surface area contributed by atoms with Crippen molar-refractivity contribution in [3.63, 3.8) is 0 Å². The minimum Gasteiger partial charge on any atom is -0.378 e. The highest BCUT2D eigenvalue weighted by atomic mass is 19.4. The van der Waals surface area contributed by atoms with Crippen LogP contribution < -0.4 is 10.3 Å².